The molecule has 0 fully saturated rings. The highest BCUT2D eigenvalue weighted by Crippen LogP contribution is 2.19. The number of amides is 1. The molecular weight excluding hydrogens is 238 g/mol. The first kappa shape index (κ1) is 14.0. The van der Waals surface area contributed by atoms with Crippen LogP contribution in [0.15, 0.2) is 18.2 Å². The van der Waals surface area contributed by atoms with E-state index in [2.05, 4.69) is 0 Å². The number of benzene rings is 1. The zero-order valence-electron chi connectivity index (χ0n) is 9.92. The molecule has 0 saturated carbocycles. The van der Waals surface area contributed by atoms with E-state index in [9.17, 15) is 14.7 Å². The highest BCUT2D eigenvalue weighted by atomic mass is 16.5. The van der Waals surface area contributed by atoms with Gasteiger partial charge in [-0.15, -0.1) is 0 Å². The molecule has 6 heteroatoms. The third-order valence-electron chi connectivity index (χ3n) is 2.32. The molecule has 98 valence electrons. The normalized spacial score (nSPS) is 11.7. The van der Waals surface area contributed by atoms with E-state index in [1.807, 2.05) is 5.32 Å². The molecular formula is C12H15NO5. The summed E-state index contributed by atoms with van der Waals surface area (Å²) >= 11 is 0. The van der Waals surface area contributed by atoms with Crippen LogP contribution in [0.5, 0.6) is 5.75 Å². The lowest BCUT2D eigenvalue weighted by Gasteiger charge is -2.14. The molecule has 0 aromatic heterocycles. The number of carboxylic acid groups (broad SMARTS) is 1. The fourth-order valence-electron chi connectivity index (χ4n) is 1.38. The summed E-state index contributed by atoms with van der Waals surface area (Å²) in [5, 5.41) is 19.8. The second-order valence-electron chi connectivity index (χ2n) is 3.76. The number of hydrogen-bond acceptors (Lipinski definition) is 4. The first-order chi connectivity index (χ1) is 8.54. The molecule has 0 aliphatic carbocycles. The van der Waals surface area contributed by atoms with Gasteiger partial charge in [0.2, 0.25) is 0 Å². The van der Waals surface area contributed by atoms with Crippen LogP contribution >= 0.6 is 0 Å². The van der Waals surface area contributed by atoms with Gasteiger partial charge in [0.1, 0.15) is 18.5 Å². The summed E-state index contributed by atoms with van der Waals surface area (Å²) in [4.78, 5) is 21.1. The Morgan fingerprint density at radius 3 is 2.89 bits per heavy atom. The highest BCUT2D eigenvalue weighted by Gasteiger charge is 2.10. The summed E-state index contributed by atoms with van der Waals surface area (Å²) in [6, 6.07) is 5.13. The number of ether oxygens (including phenoxy) is 1. The van der Waals surface area contributed by atoms with Crippen LogP contribution < -0.4 is 10.1 Å². The summed E-state index contributed by atoms with van der Waals surface area (Å²) in [5.41, 5.74) is 1.21. The van der Waals surface area contributed by atoms with E-state index in [0.717, 1.165) is 5.56 Å². The molecule has 1 aromatic carbocycles. The lowest BCUT2D eigenvalue weighted by atomic mass is 10.1. The maximum absolute atomic E-state index is 10.9. The minimum absolute atomic E-state index is 0.0927. The Kier molecular flexibility index (Phi) is 5.13. The van der Waals surface area contributed by atoms with Crippen molar-refractivity contribution in [2.24, 2.45) is 0 Å². The molecule has 0 spiro atoms. The number of hydrogen-bond donors (Lipinski definition) is 3. The molecule has 1 rings (SSSR count). The van der Waals surface area contributed by atoms with Crippen molar-refractivity contribution in [2.45, 2.75) is 13.0 Å². The molecule has 1 aromatic rings. The van der Waals surface area contributed by atoms with Gasteiger partial charge in [0.05, 0.1) is 12.1 Å². The SMILES string of the molecule is Cc1cccc(OCC(O)CNC(=O)O)c1C=O. The summed E-state index contributed by atoms with van der Waals surface area (Å²) in [7, 11) is 0. The molecule has 1 atom stereocenters. The number of aldehydes is 1. The molecule has 0 heterocycles. The van der Waals surface area contributed by atoms with E-state index < -0.39 is 12.2 Å². The number of aryl methyl sites for hydroxylation is 1. The predicted molar refractivity (Wildman–Crippen MR) is 64.1 cm³/mol. The number of carbonyl (C=O) groups excluding carboxylic acids is 1. The van der Waals surface area contributed by atoms with Crippen LogP contribution in [0.4, 0.5) is 4.79 Å². The van der Waals surface area contributed by atoms with Gasteiger partial charge in [0, 0.05) is 0 Å². The van der Waals surface area contributed by atoms with E-state index >= 15 is 0 Å². The molecule has 1 unspecified atom stereocenters. The van der Waals surface area contributed by atoms with Gasteiger partial charge in [-0.05, 0) is 18.6 Å². The van der Waals surface area contributed by atoms with E-state index in [0.29, 0.717) is 17.6 Å². The Bertz CT molecular complexity index is 432. The molecule has 0 radical (unpaired) electrons. The van der Waals surface area contributed by atoms with Crippen molar-refractivity contribution in [3.05, 3.63) is 29.3 Å². The fourth-order valence-corrected chi connectivity index (χ4v) is 1.38. The van der Waals surface area contributed by atoms with Gasteiger partial charge in [-0.3, -0.25) is 4.79 Å². The fraction of sp³-hybridized carbons (Fsp3) is 0.333. The molecule has 18 heavy (non-hydrogen) atoms. The van der Waals surface area contributed by atoms with Gasteiger partial charge in [-0.1, -0.05) is 12.1 Å². The highest BCUT2D eigenvalue weighted by molar-refractivity contribution is 5.81. The third kappa shape index (κ3) is 4.06. The number of nitrogens with one attached hydrogen (secondary N) is 1. The van der Waals surface area contributed by atoms with Crippen LogP contribution in [-0.2, 0) is 0 Å². The van der Waals surface area contributed by atoms with E-state index in [1.54, 1.807) is 25.1 Å². The van der Waals surface area contributed by atoms with Gasteiger partial charge in [0.25, 0.3) is 0 Å². The molecule has 0 aliphatic rings. The van der Waals surface area contributed by atoms with Crippen LogP contribution in [0, 0.1) is 6.92 Å². The quantitative estimate of drug-likeness (QED) is 0.652. The van der Waals surface area contributed by atoms with Crippen LogP contribution in [-0.4, -0.2) is 41.8 Å². The van der Waals surface area contributed by atoms with Crippen molar-refractivity contribution < 1.29 is 24.5 Å². The van der Waals surface area contributed by atoms with Crippen LogP contribution in [0.2, 0.25) is 0 Å². The topological polar surface area (TPSA) is 95.9 Å². The molecule has 3 N–H and O–H groups in total. The molecule has 1 amide bonds. The standard InChI is InChI=1S/C12H15NO5/c1-8-3-2-4-11(10(8)6-14)18-7-9(15)5-13-12(16)17/h2-4,6,9,13,15H,5,7H2,1H3,(H,16,17). The van der Waals surface area contributed by atoms with Crippen molar-refractivity contribution in [3.8, 4) is 5.75 Å². The van der Waals surface area contributed by atoms with Gasteiger partial charge < -0.3 is 20.3 Å². The van der Waals surface area contributed by atoms with Crippen molar-refractivity contribution in [1.82, 2.24) is 5.32 Å². The number of aliphatic hydroxyl groups excluding tert-OH is 1. The Morgan fingerprint density at radius 2 is 2.28 bits per heavy atom. The van der Waals surface area contributed by atoms with Crippen molar-refractivity contribution in [3.63, 3.8) is 0 Å². The van der Waals surface area contributed by atoms with Crippen molar-refractivity contribution >= 4 is 12.4 Å². The smallest absolute Gasteiger partial charge is 0.404 e. The van der Waals surface area contributed by atoms with Crippen molar-refractivity contribution in [1.29, 1.82) is 0 Å². The Morgan fingerprint density at radius 1 is 1.56 bits per heavy atom. The summed E-state index contributed by atoms with van der Waals surface area (Å²) in [5.74, 6) is 0.374. The van der Waals surface area contributed by atoms with Crippen LogP contribution in [0.1, 0.15) is 15.9 Å². The summed E-state index contributed by atoms with van der Waals surface area (Å²) in [6.07, 6.45) is -1.49. The average Bonchev–Trinajstić information content (AvgIpc) is 2.33. The lowest BCUT2D eigenvalue weighted by Crippen LogP contribution is -2.34. The minimum Gasteiger partial charge on any atom is -0.490 e. The summed E-state index contributed by atoms with van der Waals surface area (Å²) < 4.78 is 5.29. The minimum atomic E-state index is -1.21. The number of aliphatic hydroxyl groups is 1. The maximum Gasteiger partial charge on any atom is 0.404 e. The van der Waals surface area contributed by atoms with Crippen LogP contribution in [0.25, 0.3) is 0 Å². The van der Waals surface area contributed by atoms with Gasteiger partial charge in [0.15, 0.2) is 6.29 Å². The largest absolute Gasteiger partial charge is 0.490 e. The first-order valence-corrected chi connectivity index (χ1v) is 5.37. The first-order valence-electron chi connectivity index (χ1n) is 5.37. The second kappa shape index (κ2) is 6.61. The number of carbonyl (C=O) groups is 2. The lowest BCUT2D eigenvalue weighted by molar-refractivity contribution is 0.102. The third-order valence-corrected chi connectivity index (χ3v) is 2.32. The molecule has 0 aliphatic heterocycles. The van der Waals surface area contributed by atoms with Crippen LogP contribution in [0.3, 0.4) is 0 Å². The maximum atomic E-state index is 10.9. The van der Waals surface area contributed by atoms with Crippen molar-refractivity contribution in [2.75, 3.05) is 13.2 Å². The molecule has 0 saturated heterocycles. The predicted octanol–water partition coefficient (Wildman–Crippen LogP) is 0.815. The Balaban J connectivity index is 2.55. The van der Waals surface area contributed by atoms with Gasteiger partial charge in [-0.25, -0.2) is 4.79 Å². The Hall–Kier alpha value is -2.08. The monoisotopic (exact) mass is 253 g/mol. The molecule has 0 bridgehead atoms. The number of rotatable bonds is 6. The second-order valence-corrected chi connectivity index (χ2v) is 3.76. The van der Waals surface area contributed by atoms with Gasteiger partial charge >= 0.3 is 6.09 Å². The zero-order chi connectivity index (χ0) is 13.5. The summed E-state index contributed by atoms with van der Waals surface area (Å²) in [6.45, 7) is 1.56. The Labute approximate surface area is 104 Å². The van der Waals surface area contributed by atoms with E-state index in [4.69, 9.17) is 9.84 Å². The van der Waals surface area contributed by atoms with E-state index in [-0.39, 0.29) is 13.2 Å². The van der Waals surface area contributed by atoms with Gasteiger partial charge in [-0.2, -0.15) is 0 Å². The molecule has 6 nitrogen and oxygen atoms in total. The average molecular weight is 253 g/mol. The van der Waals surface area contributed by atoms with E-state index in [1.165, 1.54) is 0 Å². The zero-order valence-corrected chi connectivity index (χ0v) is 9.92.